The SMILES string of the molecule is S=C(Nc1ccccc1)N(Cc1ccccc1)Cc1ccc2c(c1)OCO2. The van der Waals surface area contributed by atoms with Crippen molar-refractivity contribution in [2.75, 3.05) is 12.1 Å². The van der Waals surface area contributed by atoms with Crippen molar-refractivity contribution in [2.24, 2.45) is 0 Å². The maximum atomic E-state index is 5.71. The molecule has 0 spiro atoms. The Bertz CT molecular complexity index is 916. The summed E-state index contributed by atoms with van der Waals surface area (Å²) in [6, 6.07) is 26.3. The molecule has 0 saturated carbocycles. The molecule has 27 heavy (non-hydrogen) atoms. The molecule has 0 unspecified atom stereocenters. The van der Waals surface area contributed by atoms with E-state index in [9.17, 15) is 0 Å². The number of ether oxygens (including phenoxy) is 2. The topological polar surface area (TPSA) is 33.7 Å². The Kier molecular flexibility index (Phi) is 5.21. The second kappa shape index (κ2) is 8.10. The van der Waals surface area contributed by atoms with Crippen molar-refractivity contribution >= 4 is 23.0 Å². The number of hydrogen-bond donors (Lipinski definition) is 1. The molecular weight excluding hydrogens is 356 g/mol. The summed E-state index contributed by atoms with van der Waals surface area (Å²) in [6.07, 6.45) is 0. The van der Waals surface area contributed by atoms with Crippen LogP contribution in [0.3, 0.4) is 0 Å². The third kappa shape index (κ3) is 4.38. The number of nitrogens with zero attached hydrogens (tertiary/aromatic N) is 1. The van der Waals surface area contributed by atoms with E-state index in [-0.39, 0.29) is 6.79 Å². The molecule has 1 aliphatic heterocycles. The van der Waals surface area contributed by atoms with E-state index in [4.69, 9.17) is 21.7 Å². The molecule has 0 aromatic heterocycles. The maximum absolute atomic E-state index is 5.71. The lowest BCUT2D eigenvalue weighted by Gasteiger charge is -2.26. The fourth-order valence-corrected chi connectivity index (χ4v) is 3.23. The fraction of sp³-hybridized carbons (Fsp3) is 0.136. The molecule has 1 N–H and O–H groups in total. The number of para-hydroxylation sites is 1. The normalized spacial score (nSPS) is 11.9. The van der Waals surface area contributed by atoms with Crippen LogP contribution in [0.15, 0.2) is 78.9 Å². The van der Waals surface area contributed by atoms with E-state index in [0.29, 0.717) is 18.2 Å². The second-order valence-electron chi connectivity index (χ2n) is 6.33. The summed E-state index contributed by atoms with van der Waals surface area (Å²) in [4.78, 5) is 2.15. The lowest BCUT2D eigenvalue weighted by atomic mass is 10.1. The van der Waals surface area contributed by atoms with E-state index >= 15 is 0 Å². The predicted octanol–water partition coefficient (Wildman–Crippen LogP) is 4.81. The Balaban J connectivity index is 1.54. The van der Waals surface area contributed by atoms with Crippen LogP contribution in [0.25, 0.3) is 0 Å². The minimum Gasteiger partial charge on any atom is -0.454 e. The van der Waals surface area contributed by atoms with E-state index in [0.717, 1.165) is 22.7 Å². The first-order valence-corrected chi connectivity index (χ1v) is 9.22. The highest BCUT2D eigenvalue weighted by Gasteiger charge is 2.16. The van der Waals surface area contributed by atoms with Crippen LogP contribution >= 0.6 is 12.2 Å². The predicted molar refractivity (Wildman–Crippen MR) is 111 cm³/mol. The van der Waals surface area contributed by atoms with Gasteiger partial charge in [-0.15, -0.1) is 0 Å². The van der Waals surface area contributed by atoms with Crippen LogP contribution < -0.4 is 14.8 Å². The van der Waals surface area contributed by atoms with Gasteiger partial charge in [0.1, 0.15) is 0 Å². The molecule has 0 radical (unpaired) electrons. The number of thiocarbonyl (C=S) groups is 1. The van der Waals surface area contributed by atoms with Gasteiger partial charge in [0.15, 0.2) is 16.6 Å². The van der Waals surface area contributed by atoms with E-state index in [1.165, 1.54) is 5.56 Å². The van der Waals surface area contributed by atoms with Crippen molar-refractivity contribution in [1.82, 2.24) is 4.90 Å². The van der Waals surface area contributed by atoms with Gasteiger partial charge in [0.05, 0.1) is 0 Å². The van der Waals surface area contributed by atoms with Crippen molar-refractivity contribution in [3.8, 4) is 11.5 Å². The van der Waals surface area contributed by atoms with Crippen LogP contribution in [0.1, 0.15) is 11.1 Å². The van der Waals surface area contributed by atoms with Gasteiger partial charge < -0.3 is 19.7 Å². The maximum Gasteiger partial charge on any atom is 0.231 e. The first-order chi connectivity index (χ1) is 13.3. The summed E-state index contributed by atoms with van der Waals surface area (Å²) in [5, 5.41) is 4.02. The Hall–Kier alpha value is -3.05. The number of anilines is 1. The standard InChI is InChI=1S/C22H20N2O2S/c27-22(23-19-9-5-2-6-10-19)24(14-17-7-3-1-4-8-17)15-18-11-12-20-21(13-18)26-16-25-20/h1-13H,14-16H2,(H,23,27). The Morgan fingerprint density at radius 2 is 1.48 bits per heavy atom. The summed E-state index contributed by atoms with van der Waals surface area (Å²) in [5.41, 5.74) is 3.30. The minimum absolute atomic E-state index is 0.278. The van der Waals surface area contributed by atoms with Gasteiger partial charge in [0.25, 0.3) is 0 Å². The summed E-state index contributed by atoms with van der Waals surface area (Å²) < 4.78 is 10.9. The molecule has 5 heteroatoms. The van der Waals surface area contributed by atoms with Crippen molar-refractivity contribution in [1.29, 1.82) is 0 Å². The molecule has 4 nitrogen and oxygen atoms in total. The minimum atomic E-state index is 0.278. The molecule has 0 fully saturated rings. The van der Waals surface area contributed by atoms with Crippen molar-refractivity contribution in [3.05, 3.63) is 90.0 Å². The van der Waals surface area contributed by atoms with E-state index in [1.54, 1.807) is 0 Å². The number of rotatable bonds is 5. The molecule has 136 valence electrons. The van der Waals surface area contributed by atoms with Gasteiger partial charge in [0.2, 0.25) is 6.79 Å². The third-order valence-electron chi connectivity index (χ3n) is 4.34. The van der Waals surface area contributed by atoms with Gasteiger partial charge in [-0.05, 0) is 47.6 Å². The smallest absolute Gasteiger partial charge is 0.231 e. The summed E-state index contributed by atoms with van der Waals surface area (Å²) in [7, 11) is 0. The zero-order valence-corrected chi connectivity index (χ0v) is 15.6. The summed E-state index contributed by atoms with van der Waals surface area (Å²) in [6.45, 7) is 1.67. The number of fused-ring (bicyclic) bond motifs is 1. The monoisotopic (exact) mass is 376 g/mol. The number of nitrogens with one attached hydrogen (secondary N) is 1. The lowest BCUT2D eigenvalue weighted by Crippen LogP contribution is -2.33. The van der Waals surface area contributed by atoms with Crippen LogP contribution in [0.5, 0.6) is 11.5 Å². The highest BCUT2D eigenvalue weighted by Crippen LogP contribution is 2.33. The number of benzene rings is 3. The van der Waals surface area contributed by atoms with Gasteiger partial charge in [0, 0.05) is 18.8 Å². The molecule has 3 aromatic rings. The van der Waals surface area contributed by atoms with Gasteiger partial charge in [-0.1, -0.05) is 54.6 Å². The molecule has 0 atom stereocenters. The third-order valence-corrected chi connectivity index (χ3v) is 4.70. The first kappa shape index (κ1) is 17.4. The van der Waals surface area contributed by atoms with Gasteiger partial charge in [-0.25, -0.2) is 0 Å². The van der Waals surface area contributed by atoms with Gasteiger partial charge in [-0.3, -0.25) is 0 Å². The fourth-order valence-electron chi connectivity index (χ4n) is 2.99. The average Bonchev–Trinajstić information content (AvgIpc) is 3.17. The molecule has 0 aliphatic carbocycles. The molecule has 0 amide bonds. The molecule has 1 aliphatic rings. The second-order valence-corrected chi connectivity index (χ2v) is 6.71. The molecule has 4 rings (SSSR count). The zero-order chi connectivity index (χ0) is 18.5. The Morgan fingerprint density at radius 1 is 0.815 bits per heavy atom. The quantitative estimate of drug-likeness (QED) is 0.646. The average molecular weight is 376 g/mol. The van der Waals surface area contributed by atoms with Crippen LogP contribution in [-0.4, -0.2) is 16.8 Å². The summed E-state index contributed by atoms with van der Waals surface area (Å²) >= 11 is 5.71. The zero-order valence-electron chi connectivity index (χ0n) is 14.8. The van der Waals surface area contributed by atoms with Crippen LogP contribution in [0.2, 0.25) is 0 Å². The highest BCUT2D eigenvalue weighted by molar-refractivity contribution is 7.80. The molecule has 3 aromatic carbocycles. The molecule has 0 saturated heterocycles. The number of hydrogen-bond acceptors (Lipinski definition) is 3. The highest BCUT2D eigenvalue weighted by atomic mass is 32.1. The summed E-state index contributed by atoms with van der Waals surface area (Å²) in [5.74, 6) is 1.58. The van der Waals surface area contributed by atoms with E-state index < -0.39 is 0 Å². The van der Waals surface area contributed by atoms with Crippen molar-refractivity contribution in [3.63, 3.8) is 0 Å². The molecule has 0 bridgehead atoms. The van der Waals surface area contributed by atoms with Gasteiger partial charge >= 0.3 is 0 Å². The van der Waals surface area contributed by atoms with Crippen LogP contribution in [-0.2, 0) is 13.1 Å². The first-order valence-electron chi connectivity index (χ1n) is 8.81. The Morgan fingerprint density at radius 3 is 2.26 bits per heavy atom. The lowest BCUT2D eigenvalue weighted by molar-refractivity contribution is 0.174. The molecule has 1 heterocycles. The van der Waals surface area contributed by atoms with Crippen LogP contribution in [0.4, 0.5) is 5.69 Å². The van der Waals surface area contributed by atoms with Crippen molar-refractivity contribution in [2.45, 2.75) is 13.1 Å². The van der Waals surface area contributed by atoms with E-state index in [2.05, 4.69) is 28.4 Å². The van der Waals surface area contributed by atoms with Crippen molar-refractivity contribution < 1.29 is 9.47 Å². The molecular formula is C22H20N2O2S. The largest absolute Gasteiger partial charge is 0.454 e. The van der Waals surface area contributed by atoms with Gasteiger partial charge in [-0.2, -0.15) is 0 Å². The van der Waals surface area contributed by atoms with E-state index in [1.807, 2.05) is 60.7 Å². The Labute approximate surface area is 164 Å². The van der Waals surface area contributed by atoms with Crippen LogP contribution in [0, 0.1) is 0 Å².